The van der Waals surface area contributed by atoms with E-state index < -0.39 is 5.41 Å². The van der Waals surface area contributed by atoms with Crippen LogP contribution in [-0.4, -0.2) is 35.8 Å². The van der Waals surface area contributed by atoms with E-state index in [1.165, 1.54) is 0 Å². The molecule has 0 saturated carbocycles. The van der Waals surface area contributed by atoms with Gasteiger partial charge in [-0.15, -0.1) is 0 Å². The fraction of sp³-hybridized carbons (Fsp3) is 0.571. The minimum absolute atomic E-state index is 0.0193. The molecule has 1 aromatic carbocycles. The maximum atomic E-state index is 10.3. The molecule has 0 amide bonds. The first-order valence-corrected chi connectivity index (χ1v) is 5.86. The number of hydrogen-bond acceptors (Lipinski definition) is 3. The normalized spacial score (nSPS) is 12.2. The predicted molar refractivity (Wildman–Crippen MR) is 70.3 cm³/mol. The van der Waals surface area contributed by atoms with Gasteiger partial charge in [-0.1, -0.05) is 31.5 Å². The van der Waals surface area contributed by atoms with E-state index in [4.69, 9.17) is 0 Å². The number of aryl methyl sites for hydroxylation is 1. The maximum absolute atomic E-state index is 10.3. The molecule has 0 aliphatic rings. The second-order valence-corrected chi connectivity index (χ2v) is 5.60. The molecule has 1 aromatic rings. The summed E-state index contributed by atoms with van der Waals surface area (Å²) in [7, 11) is 3.94. The van der Waals surface area contributed by atoms with Gasteiger partial charge in [-0.2, -0.15) is 0 Å². The van der Waals surface area contributed by atoms with Gasteiger partial charge in [0.15, 0.2) is 0 Å². The number of phenolic OH excluding ortho intramolecular Hbond substituents is 1. The predicted octanol–water partition coefficient (Wildman–Crippen LogP) is 2.03. The molecule has 0 bridgehead atoms. The Balaban J connectivity index is 3.28. The number of phenols is 1. The highest BCUT2D eigenvalue weighted by Crippen LogP contribution is 2.34. The van der Waals surface area contributed by atoms with Gasteiger partial charge in [0, 0.05) is 23.1 Å². The molecule has 2 N–H and O–H groups in total. The van der Waals surface area contributed by atoms with Gasteiger partial charge >= 0.3 is 0 Å². The Morgan fingerprint density at radius 3 is 2.29 bits per heavy atom. The van der Waals surface area contributed by atoms with Crippen molar-refractivity contribution >= 4 is 0 Å². The third-order valence-electron chi connectivity index (χ3n) is 2.94. The van der Waals surface area contributed by atoms with Gasteiger partial charge in [0.1, 0.15) is 5.75 Å². The van der Waals surface area contributed by atoms with Gasteiger partial charge in [-0.3, -0.25) is 0 Å². The quantitative estimate of drug-likeness (QED) is 0.842. The average molecular weight is 237 g/mol. The molecular formula is C14H23NO2. The van der Waals surface area contributed by atoms with Crippen molar-refractivity contribution in [3.8, 4) is 5.75 Å². The molecule has 0 heterocycles. The molecule has 0 radical (unpaired) electrons. The van der Waals surface area contributed by atoms with E-state index in [1.807, 2.05) is 51.9 Å². The van der Waals surface area contributed by atoms with E-state index in [-0.39, 0.29) is 6.61 Å². The van der Waals surface area contributed by atoms with Crippen LogP contribution in [0.15, 0.2) is 12.1 Å². The van der Waals surface area contributed by atoms with Gasteiger partial charge in [0.25, 0.3) is 0 Å². The van der Waals surface area contributed by atoms with Crippen molar-refractivity contribution in [3.05, 3.63) is 28.8 Å². The van der Waals surface area contributed by atoms with Crippen LogP contribution in [0.4, 0.5) is 0 Å². The molecule has 17 heavy (non-hydrogen) atoms. The third-order valence-corrected chi connectivity index (χ3v) is 2.94. The number of aliphatic hydroxyl groups is 1. The standard InChI is InChI=1S/C14H23NO2/c1-10-6-11(8-15(4)5)13(17)12(7-10)14(2,3)9-16/h6-7,16-17H,8-9H2,1-5H3. The second-order valence-electron chi connectivity index (χ2n) is 5.60. The van der Waals surface area contributed by atoms with Crippen LogP contribution in [0.1, 0.15) is 30.5 Å². The summed E-state index contributed by atoms with van der Waals surface area (Å²) in [6.45, 7) is 6.59. The van der Waals surface area contributed by atoms with Crippen molar-refractivity contribution in [3.63, 3.8) is 0 Å². The zero-order valence-electron chi connectivity index (χ0n) is 11.4. The summed E-state index contributed by atoms with van der Waals surface area (Å²) in [4.78, 5) is 2.02. The summed E-state index contributed by atoms with van der Waals surface area (Å²) in [5.41, 5.74) is 2.41. The SMILES string of the molecule is Cc1cc(CN(C)C)c(O)c(C(C)(C)CO)c1. The molecule has 0 aliphatic heterocycles. The van der Waals surface area contributed by atoms with E-state index in [0.717, 1.165) is 16.7 Å². The van der Waals surface area contributed by atoms with Crippen LogP contribution in [0.25, 0.3) is 0 Å². The number of rotatable bonds is 4. The second kappa shape index (κ2) is 5.07. The fourth-order valence-electron chi connectivity index (χ4n) is 1.92. The molecule has 0 saturated heterocycles. The van der Waals surface area contributed by atoms with E-state index in [9.17, 15) is 10.2 Å². The number of nitrogens with zero attached hydrogens (tertiary/aromatic N) is 1. The zero-order valence-corrected chi connectivity index (χ0v) is 11.4. The minimum Gasteiger partial charge on any atom is -0.507 e. The molecule has 1 rings (SSSR count). The molecule has 0 aromatic heterocycles. The monoisotopic (exact) mass is 237 g/mol. The first-order valence-electron chi connectivity index (χ1n) is 5.86. The van der Waals surface area contributed by atoms with Gasteiger partial charge < -0.3 is 15.1 Å². The highest BCUT2D eigenvalue weighted by molar-refractivity contribution is 5.47. The first kappa shape index (κ1) is 14.0. The molecule has 96 valence electrons. The molecular weight excluding hydrogens is 214 g/mol. The molecule has 0 fully saturated rings. The van der Waals surface area contributed by atoms with Crippen LogP contribution < -0.4 is 0 Å². The summed E-state index contributed by atoms with van der Waals surface area (Å²) in [6, 6.07) is 3.94. The maximum Gasteiger partial charge on any atom is 0.123 e. The van der Waals surface area contributed by atoms with Crippen molar-refractivity contribution < 1.29 is 10.2 Å². The lowest BCUT2D eigenvalue weighted by Gasteiger charge is -2.26. The minimum atomic E-state index is -0.419. The van der Waals surface area contributed by atoms with Crippen LogP contribution in [0.3, 0.4) is 0 Å². The van der Waals surface area contributed by atoms with Crippen molar-refractivity contribution in [1.29, 1.82) is 0 Å². The fourth-order valence-corrected chi connectivity index (χ4v) is 1.92. The van der Waals surface area contributed by atoms with E-state index >= 15 is 0 Å². The van der Waals surface area contributed by atoms with Gasteiger partial charge in [0.05, 0.1) is 6.61 Å². The van der Waals surface area contributed by atoms with E-state index in [1.54, 1.807) is 0 Å². The number of benzene rings is 1. The lowest BCUT2D eigenvalue weighted by Crippen LogP contribution is -2.23. The summed E-state index contributed by atoms with van der Waals surface area (Å²) in [5.74, 6) is 0.309. The Kier molecular flexibility index (Phi) is 4.17. The molecule has 0 atom stereocenters. The van der Waals surface area contributed by atoms with Gasteiger partial charge in [-0.05, 0) is 21.0 Å². The summed E-state index contributed by atoms with van der Waals surface area (Å²) in [5, 5.41) is 19.7. The van der Waals surface area contributed by atoms with Crippen molar-refractivity contribution in [1.82, 2.24) is 4.90 Å². The highest BCUT2D eigenvalue weighted by Gasteiger charge is 2.24. The van der Waals surface area contributed by atoms with E-state index in [0.29, 0.717) is 12.3 Å². The number of aromatic hydroxyl groups is 1. The third kappa shape index (κ3) is 3.20. The van der Waals surface area contributed by atoms with Crippen LogP contribution in [0.2, 0.25) is 0 Å². The lowest BCUT2D eigenvalue weighted by atomic mass is 9.83. The van der Waals surface area contributed by atoms with Crippen molar-refractivity contribution in [2.45, 2.75) is 32.7 Å². The smallest absolute Gasteiger partial charge is 0.123 e. The molecule has 0 unspecified atom stereocenters. The molecule has 3 nitrogen and oxygen atoms in total. The largest absolute Gasteiger partial charge is 0.507 e. The molecule has 0 aliphatic carbocycles. The topological polar surface area (TPSA) is 43.7 Å². The summed E-state index contributed by atoms with van der Waals surface area (Å²) < 4.78 is 0. The Bertz CT molecular complexity index is 397. The Morgan fingerprint density at radius 1 is 1.24 bits per heavy atom. The molecule has 3 heteroatoms. The Morgan fingerprint density at radius 2 is 1.82 bits per heavy atom. The van der Waals surface area contributed by atoms with Gasteiger partial charge in [-0.25, -0.2) is 0 Å². The highest BCUT2D eigenvalue weighted by atomic mass is 16.3. The Hall–Kier alpha value is -1.06. The summed E-state index contributed by atoms with van der Waals surface area (Å²) >= 11 is 0. The average Bonchev–Trinajstić information content (AvgIpc) is 2.22. The van der Waals surface area contributed by atoms with Crippen LogP contribution in [0.5, 0.6) is 5.75 Å². The van der Waals surface area contributed by atoms with Crippen LogP contribution in [-0.2, 0) is 12.0 Å². The van der Waals surface area contributed by atoms with Crippen molar-refractivity contribution in [2.75, 3.05) is 20.7 Å². The van der Waals surface area contributed by atoms with Gasteiger partial charge in [0.2, 0.25) is 0 Å². The number of aliphatic hydroxyl groups excluding tert-OH is 1. The van der Waals surface area contributed by atoms with E-state index in [2.05, 4.69) is 0 Å². The molecule has 0 spiro atoms. The lowest BCUT2D eigenvalue weighted by molar-refractivity contribution is 0.215. The summed E-state index contributed by atoms with van der Waals surface area (Å²) in [6.07, 6.45) is 0. The first-order chi connectivity index (χ1) is 7.77. The van der Waals surface area contributed by atoms with Crippen LogP contribution >= 0.6 is 0 Å². The number of hydrogen-bond donors (Lipinski definition) is 2. The van der Waals surface area contributed by atoms with Crippen molar-refractivity contribution in [2.24, 2.45) is 0 Å². The van der Waals surface area contributed by atoms with Crippen LogP contribution in [0, 0.1) is 6.92 Å². The Labute approximate surface area is 104 Å². The zero-order chi connectivity index (χ0) is 13.2.